The average Bonchev–Trinajstić information content (AvgIpc) is 2.74. The lowest BCUT2D eigenvalue weighted by molar-refractivity contribution is 0.101. The molecule has 0 aliphatic rings. The van der Waals surface area contributed by atoms with Gasteiger partial charge in [0, 0.05) is 16.9 Å². The topological polar surface area (TPSA) is 78.5 Å². The number of benzene rings is 3. The molecule has 3 aromatic rings. The quantitative estimate of drug-likeness (QED) is 0.392. The molecule has 8 heteroatoms. The van der Waals surface area contributed by atoms with Crippen LogP contribution < -0.4 is 14.9 Å². The zero-order valence-corrected chi connectivity index (χ0v) is 16.8. The molecular formula is C22H18FN3O3S. The monoisotopic (exact) mass is 423 g/mol. The molecule has 6 nitrogen and oxygen atoms in total. The van der Waals surface area contributed by atoms with E-state index in [1.165, 1.54) is 25.1 Å². The van der Waals surface area contributed by atoms with Gasteiger partial charge in [-0.1, -0.05) is 37.1 Å². The zero-order chi connectivity index (χ0) is 21.7. The summed E-state index contributed by atoms with van der Waals surface area (Å²) in [6.07, 6.45) is 0. The van der Waals surface area contributed by atoms with Crippen LogP contribution in [-0.2, 0) is 0 Å². The van der Waals surface area contributed by atoms with Gasteiger partial charge >= 0.3 is 6.03 Å². The molecule has 0 heterocycles. The maximum Gasteiger partial charge on any atom is 0.336 e. The van der Waals surface area contributed by atoms with Gasteiger partial charge < -0.3 is 10.6 Å². The number of thiol groups is 1. The Morgan fingerprint density at radius 3 is 2.23 bits per heavy atom. The van der Waals surface area contributed by atoms with Gasteiger partial charge in [-0.25, -0.2) is 13.5 Å². The molecule has 0 aliphatic carbocycles. The van der Waals surface area contributed by atoms with Crippen LogP contribution in [0.25, 0.3) is 0 Å². The van der Waals surface area contributed by atoms with Crippen molar-refractivity contribution in [3.63, 3.8) is 0 Å². The van der Waals surface area contributed by atoms with E-state index in [1.807, 2.05) is 0 Å². The Kier molecular flexibility index (Phi) is 6.48. The van der Waals surface area contributed by atoms with E-state index < -0.39 is 17.8 Å². The van der Waals surface area contributed by atoms with Gasteiger partial charge in [0.05, 0.1) is 11.3 Å². The largest absolute Gasteiger partial charge is 0.336 e. The van der Waals surface area contributed by atoms with E-state index in [4.69, 9.17) is 0 Å². The van der Waals surface area contributed by atoms with Crippen LogP contribution in [0.15, 0.2) is 72.8 Å². The maximum atomic E-state index is 13.7. The molecule has 30 heavy (non-hydrogen) atoms. The summed E-state index contributed by atoms with van der Waals surface area (Å²) in [6, 6.07) is 18.0. The Labute approximate surface area is 178 Å². The van der Waals surface area contributed by atoms with Crippen molar-refractivity contribution in [2.24, 2.45) is 0 Å². The van der Waals surface area contributed by atoms with E-state index in [1.54, 1.807) is 54.6 Å². The minimum absolute atomic E-state index is 0.0652. The second-order valence-electron chi connectivity index (χ2n) is 6.36. The Hall–Kier alpha value is -3.65. The summed E-state index contributed by atoms with van der Waals surface area (Å²) in [6.45, 7) is 1.44. The first-order valence-electron chi connectivity index (χ1n) is 8.92. The van der Waals surface area contributed by atoms with Gasteiger partial charge in [-0.3, -0.25) is 9.59 Å². The van der Waals surface area contributed by atoms with E-state index in [0.29, 0.717) is 22.6 Å². The Bertz CT molecular complexity index is 1100. The third-order valence-corrected chi connectivity index (χ3v) is 4.61. The van der Waals surface area contributed by atoms with Gasteiger partial charge in [-0.2, -0.15) is 0 Å². The van der Waals surface area contributed by atoms with Crippen LogP contribution in [0.1, 0.15) is 27.6 Å². The molecule has 0 unspecified atom stereocenters. The van der Waals surface area contributed by atoms with Gasteiger partial charge in [-0.15, -0.1) is 0 Å². The number of nitrogens with zero attached hydrogens (tertiary/aromatic N) is 1. The molecule has 0 aliphatic heterocycles. The number of hydrogen-bond donors (Lipinski definition) is 3. The number of carbonyl (C=O) groups excluding carboxylic acids is 3. The fourth-order valence-electron chi connectivity index (χ4n) is 2.64. The van der Waals surface area contributed by atoms with E-state index >= 15 is 0 Å². The fourth-order valence-corrected chi connectivity index (χ4v) is 2.82. The second kappa shape index (κ2) is 9.23. The van der Waals surface area contributed by atoms with Crippen LogP contribution in [0.4, 0.5) is 26.2 Å². The molecule has 0 fully saturated rings. The third-order valence-electron chi connectivity index (χ3n) is 4.20. The number of nitrogens with one attached hydrogen (secondary N) is 2. The summed E-state index contributed by atoms with van der Waals surface area (Å²) >= 11 is 4.20. The molecule has 3 aromatic carbocycles. The first-order valence-corrected chi connectivity index (χ1v) is 9.32. The summed E-state index contributed by atoms with van der Waals surface area (Å²) in [7, 11) is 0. The number of halogens is 1. The van der Waals surface area contributed by atoms with Crippen molar-refractivity contribution in [3.05, 3.63) is 89.7 Å². The molecular weight excluding hydrogens is 405 g/mol. The number of ketones is 1. The lowest BCUT2D eigenvalue weighted by Gasteiger charge is -2.17. The predicted octanol–water partition coefficient (Wildman–Crippen LogP) is 5.16. The molecule has 3 rings (SSSR count). The zero-order valence-electron chi connectivity index (χ0n) is 15.9. The number of hydrogen-bond acceptors (Lipinski definition) is 4. The number of anilines is 3. The van der Waals surface area contributed by atoms with Gasteiger partial charge in [0.15, 0.2) is 5.78 Å². The predicted molar refractivity (Wildman–Crippen MR) is 118 cm³/mol. The summed E-state index contributed by atoms with van der Waals surface area (Å²) in [5.74, 6) is -1.30. The number of carbonyl (C=O) groups is 3. The lowest BCUT2D eigenvalue weighted by Crippen LogP contribution is -2.26. The standard InChI is InChI=1S/C22H18FN3O3S/c1-14(27)15-5-4-6-17(13-15)25-22(29)26(30)18-11-9-16(10-12-18)24-21(28)19-7-2-3-8-20(19)23/h2-13,30H,1H3,(H,24,28)(H,25,29). The second-order valence-corrected chi connectivity index (χ2v) is 6.76. The van der Waals surface area contributed by atoms with E-state index in [0.717, 1.165) is 4.31 Å². The van der Waals surface area contributed by atoms with Crippen molar-refractivity contribution in [1.29, 1.82) is 0 Å². The van der Waals surface area contributed by atoms with Gasteiger partial charge in [-0.05, 0) is 55.5 Å². The maximum absolute atomic E-state index is 13.7. The van der Waals surface area contributed by atoms with Crippen LogP contribution in [0, 0.1) is 5.82 Å². The fraction of sp³-hybridized carbons (Fsp3) is 0.0455. The van der Waals surface area contributed by atoms with Crippen LogP contribution in [-0.4, -0.2) is 17.7 Å². The summed E-state index contributed by atoms with van der Waals surface area (Å²) in [5, 5.41) is 5.25. The highest BCUT2D eigenvalue weighted by atomic mass is 32.1. The van der Waals surface area contributed by atoms with Crippen LogP contribution in [0.5, 0.6) is 0 Å². The smallest absolute Gasteiger partial charge is 0.322 e. The number of Topliss-reactive ketones (excluding diaryl/α,β-unsaturated/α-hetero) is 1. The molecule has 152 valence electrons. The van der Waals surface area contributed by atoms with Crippen molar-refractivity contribution in [1.82, 2.24) is 0 Å². The number of urea groups is 1. The Balaban J connectivity index is 1.66. The highest BCUT2D eigenvalue weighted by molar-refractivity contribution is 7.82. The van der Waals surface area contributed by atoms with Crippen molar-refractivity contribution in [2.75, 3.05) is 14.9 Å². The van der Waals surface area contributed by atoms with E-state index in [2.05, 4.69) is 23.4 Å². The number of rotatable bonds is 5. The van der Waals surface area contributed by atoms with Crippen molar-refractivity contribution < 1.29 is 18.8 Å². The third kappa shape index (κ3) is 5.03. The van der Waals surface area contributed by atoms with Crippen molar-refractivity contribution >= 4 is 47.6 Å². The van der Waals surface area contributed by atoms with Crippen LogP contribution in [0.3, 0.4) is 0 Å². The molecule has 0 aromatic heterocycles. The molecule has 0 spiro atoms. The molecule has 0 saturated carbocycles. The first kappa shape index (κ1) is 21.1. The summed E-state index contributed by atoms with van der Waals surface area (Å²) < 4.78 is 14.8. The molecule has 0 atom stereocenters. The van der Waals surface area contributed by atoms with Gasteiger partial charge in [0.25, 0.3) is 5.91 Å². The molecule has 3 amide bonds. The SMILES string of the molecule is CC(=O)c1cccc(NC(=O)N(S)c2ccc(NC(=O)c3ccccc3F)cc2)c1. The average molecular weight is 423 g/mol. The summed E-state index contributed by atoms with van der Waals surface area (Å²) in [5.41, 5.74) is 1.75. The molecule has 2 N–H and O–H groups in total. The van der Waals surface area contributed by atoms with Crippen molar-refractivity contribution in [2.45, 2.75) is 6.92 Å². The van der Waals surface area contributed by atoms with Gasteiger partial charge in [0.2, 0.25) is 0 Å². The lowest BCUT2D eigenvalue weighted by atomic mass is 10.1. The van der Waals surface area contributed by atoms with Gasteiger partial charge in [0.1, 0.15) is 5.82 Å². The molecule has 0 saturated heterocycles. The Morgan fingerprint density at radius 2 is 1.57 bits per heavy atom. The normalized spacial score (nSPS) is 10.2. The van der Waals surface area contributed by atoms with Crippen molar-refractivity contribution in [3.8, 4) is 0 Å². The highest BCUT2D eigenvalue weighted by Gasteiger charge is 2.14. The van der Waals surface area contributed by atoms with E-state index in [9.17, 15) is 18.8 Å². The minimum atomic E-state index is -0.612. The van der Waals surface area contributed by atoms with E-state index in [-0.39, 0.29) is 11.3 Å². The van der Waals surface area contributed by atoms with Crippen LogP contribution in [0.2, 0.25) is 0 Å². The first-order chi connectivity index (χ1) is 14.3. The molecule has 0 bridgehead atoms. The Morgan fingerprint density at radius 1 is 0.867 bits per heavy atom. The summed E-state index contributed by atoms with van der Waals surface area (Å²) in [4.78, 5) is 36.1. The molecule has 0 radical (unpaired) electrons. The minimum Gasteiger partial charge on any atom is -0.322 e. The van der Waals surface area contributed by atoms with Crippen LogP contribution >= 0.6 is 12.8 Å². The number of amides is 3. The highest BCUT2D eigenvalue weighted by Crippen LogP contribution is 2.22.